The number of nitrogens with zero attached hydrogens (tertiary/aromatic N) is 6. The number of esters is 1. The van der Waals surface area contributed by atoms with Crippen molar-refractivity contribution in [3.63, 3.8) is 0 Å². The first-order valence-electron chi connectivity index (χ1n) is 13.9. The van der Waals surface area contributed by atoms with Gasteiger partial charge in [0.15, 0.2) is 0 Å². The maximum absolute atomic E-state index is 12.6. The van der Waals surface area contributed by atoms with E-state index in [1.165, 1.54) is 9.59 Å². The second kappa shape index (κ2) is 11.1. The first-order chi connectivity index (χ1) is 20.7. The summed E-state index contributed by atoms with van der Waals surface area (Å²) in [5, 5.41) is 40.5. The van der Waals surface area contributed by atoms with E-state index in [1.807, 2.05) is 67.6 Å². The highest BCUT2D eigenvalue weighted by Gasteiger charge is 2.27. The molecule has 0 fully saturated rings. The first-order valence-corrected chi connectivity index (χ1v) is 13.9. The number of aromatic nitrogens is 6. The summed E-state index contributed by atoms with van der Waals surface area (Å²) in [6.07, 6.45) is -0.329. The summed E-state index contributed by atoms with van der Waals surface area (Å²) in [5.74, 6) is -0.925. The number of hydrogen-bond donors (Lipinski definition) is 2. The van der Waals surface area contributed by atoms with Crippen LogP contribution in [0.25, 0.3) is 33.4 Å². The van der Waals surface area contributed by atoms with Gasteiger partial charge in [0.1, 0.15) is 51.0 Å². The van der Waals surface area contributed by atoms with Gasteiger partial charge in [0, 0.05) is 11.5 Å². The Balaban J connectivity index is 1.42. The summed E-state index contributed by atoms with van der Waals surface area (Å²) in [6, 6.07) is 23.8. The Morgan fingerprint density at radius 1 is 0.860 bits per heavy atom. The van der Waals surface area contributed by atoms with Crippen molar-refractivity contribution in [2.45, 2.75) is 39.2 Å². The number of rotatable bonds is 8. The fourth-order valence-corrected chi connectivity index (χ4v) is 5.14. The molecule has 6 rings (SSSR count). The van der Waals surface area contributed by atoms with Gasteiger partial charge in [-0.25, -0.2) is 4.79 Å². The average molecular weight is 575 g/mol. The molecule has 0 aliphatic rings. The molecule has 6 aromatic rings. The molecule has 0 radical (unpaired) electrons. The van der Waals surface area contributed by atoms with E-state index in [9.17, 15) is 15.0 Å². The Morgan fingerprint density at radius 3 is 1.98 bits per heavy atom. The number of carbonyl (C=O) groups is 1. The molecule has 0 amide bonds. The van der Waals surface area contributed by atoms with Crippen LogP contribution in [0.1, 0.15) is 36.5 Å². The highest BCUT2D eigenvalue weighted by molar-refractivity contribution is 5.87. The van der Waals surface area contributed by atoms with Gasteiger partial charge in [-0.1, -0.05) is 49.0 Å². The van der Waals surface area contributed by atoms with Gasteiger partial charge in [0.2, 0.25) is 0 Å². The molecule has 43 heavy (non-hydrogen) atoms. The van der Waals surface area contributed by atoms with Crippen molar-refractivity contribution in [2.24, 2.45) is 0 Å². The first kappa shape index (κ1) is 27.6. The molecule has 2 atom stereocenters. The van der Waals surface area contributed by atoms with Crippen LogP contribution in [0.3, 0.4) is 0 Å². The van der Waals surface area contributed by atoms with Crippen LogP contribution in [0.4, 0.5) is 0 Å². The van der Waals surface area contributed by atoms with E-state index >= 15 is 0 Å². The normalized spacial score (nSPS) is 12.8. The van der Waals surface area contributed by atoms with E-state index < -0.39 is 18.0 Å². The molecular weight excluding hydrogens is 544 g/mol. The van der Waals surface area contributed by atoms with Crippen molar-refractivity contribution in [1.82, 2.24) is 30.0 Å². The van der Waals surface area contributed by atoms with Crippen molar-refractivity contribution in [1.29, 1.82) is 0 Å². The van der Waals surface area contributed by atoms with Gasteiger partial charge < -0.3 is 14.9 Å². The molecule has 2 unspecified atom stereocenters. The van der Waals surface area contributed by atoms with Crippen molar-refractivity contribution in [3.05, 3.63) is 108 Å². The minimum absolute atomic E-state index is 0.00770. The molecule has 4 aromatic carbocycles. The summed E-state index contributed by atoms with van der Waals surface area (Å²) in [4.78, 5) is 15.4. The van der Waals surface area contributed by atoms with Crippen LogP contribution in [0.15, 0.2) is 91.0 Å². The van der Waals surface area contributed by atoms with Gasteiger partial charge in [-0.15, -0.1) is 30.0 Å². The van der Waals surface area contributed by atoms with Crippen LogP contribution in [-0.4, -0.2) is 52.3 Å². The van der Waals surface area contributed by atoms with Crippen LogP contribution in [0, 0.1) is 6.92 Å². The Hall–Kier alpha value is -5.51. The van der Waals surface area contributed by atoms with E-state index in [4.69, 9.17) is 4.74 Å². The fraction of sp³-hybridized carbons (Fsp3) is 0.182. The second-order valence-corrected chi connectivity index (χ2v) is 10.6. The zero-order valence-corrected chi connectivity index (χ0v) is 24.0. The quantitative estimate of drug-likeness (QED) is 0.175. The number of fused-ring (bicyclic) bond motifs is 2. The lowest BCUT2D eigenvalue weighted by Gasteiger charge is -2.26. The number of phenols is 2. The molecule has 10 heteroatoms. The molecular formula is C33H30N6O4. The van der Waals surface area contributed by atoms with E-state index in [0.717, 1.165) is 11.1 Å². The summed E-state index contributed by atoms with van der Waals surface area (Å²) in [7, 11) is 0. The maximum atomic E-state index is 12.6. The Bertz CT molecular complexity index is 1940. The van der Waals surface area contributed by atoms with Crippen LogP contribution >= 0.6 is 0 Å². The molecule has 0 spiro atoms. The van der Waals surface area contributed by atoms with E-state index in [-0.39, 0.29) is 17.1 Å². The molecule has 216 valence electrons. The molecule has 0 aliphatic carbocycles. The topological polar surface area (TPSA) is 128 Å². The predicted octanol–water partition coefficient (Wildman–Crippen LogP) is 5.71. The lowest BCUT2D eigenvalue weighted by atomic mass is 9.86. The number of aryl methyl sites for hydroxylation is 1. The zero-order valence-electron chi connectivity index (χ0n) is 24.0. The number of carbonyl (C=O) groups excluding carboxylic acids is 1. The third-order valence-corrected chi connectivity index (χ3v) is 7.50. The SMILES string of the molecule is C=C(C)C(=O)OC(C)C(Cc1ccc(C)c(-n2nc3ccccc3n2)c1O)c1ccc(O)c(-n2nc3ccccc3n2)c1. The molecule has 2 N–H and O–H groups in total. The molecule has 2 aromatic heterocycles. The Labute approximate surface area is 247 Å². The lowest BCUT2D eigenvalue weighted by Crippen LogP contribution is -2.25. The van der Waals surface area contributed by atoms with Crippen molar-refractivity contribution < 1.29 is 19.7 Å². The van der Waals surface area contributed by atoms with Gasteiger partial charge in [0.05, 0.1) is 0 Å². The van der Waals surface area contributed by atoms with E-state index in [1.54, 1.807) is 32.0 Å². The molecule has 0 saturated heterocycles. The van der Waals surface area contributed by atoms with Gasteiger partial charge in [0.25, 0.3) is 0 Å². The highest BCUT2D eigenvalue weighted by Crippen LogP contribution is 2.37. The van der Waals surface area contributed by atoms with Gasteiger partial charge in [-0.05, 0) is 80.3 Å². The number of phenolic OH excluding ortho intramolecular Hbond substituents is 2. The van der Waals surface area contributed by atoms with Crippen molar-refractivity contribution in [3.8, 4) is 22.9 Å². The summed E-state index contributed by atoms with van der Waals surface area (Å²) in [5.41, 5.74) is 6.07. The Kier molecular flexibility index (Phi) is 7.11. The third-order valence-electron chi connectivity index (χ3n) is 7.50. The summed E-state index contributed by atoms with van der Waals surface area (Å²) >= 11 is 0. The lowest BCUT2D eigenvalue weighted by molar-refractivity contribution is -0.144. The van der Waals surface area contributed by atoms with E-state index in [2.05, 4.69) is 27.0 Å². The van der Waals surface area contributed by atoms with E-state index in [0.29, 0.717) is 45.4 Å². The Morgan fingerprint density at radius 2 is 1.42 bits per heavy atom. The average Bonchev–Trinajstić information content (AvgIpc) is 3.61. The third kappa shape index (κ3) is 5.30. The standard InChI is InChI=1S/C33H30N6O4/c1-19(2)33(42)43-21(4)24(22-15-16-30(40)29(18-22)38-34-25-9-5-6-10-26(25)35-38)17-23-14-13-20(3)31(32(23)41)39-36-27-11-7-8-12-28(27)37-39/h5-16,18,21,24,40-41H,1,17H2,2-4H3. The van der Waals surface area contributed by atoms with Crippen LogP contribution in [-0.2, 0) is 16.0 Å². The van der Waals surface area contributed by atoms with Crippen molar-refractivity contribution >= 4 is 28.0 Å². The minimum atomic E-state index is -0.624. The number of hydrogen-bond acceptors (Lipinski definition) is 8. The molecule has 0 aliphatic heterocycles. The smallest absolute Gasteiger partial charge is 0.333 e. The van der Waals surface area contributed by atoms with Crippen LogP contribution in [0.2, 0.25) is 0 Å². The number of ether oxygens (including phenoxy) is 1. The predicted molar refractivity (Wildman–Crippen MR) is 163 cm³/mol. The van der Waals surface area contributed by atoms with Crippen LogP contribution < -0.4 is 0 Å². The number of benzene rings is 4. The second-order valence-electron chi connectivity index (χ2n) is 10.6. The largest absolute Gasteiger partial charge is 0.506 e. The maximum Gasteiger partial charge on any atom is 0.333 e. The monoisotopic (exact) mass is 574 g/mol. The number of aromatic hydroxyl groups is 2. The zero-order chi connectivity index (χ0) is 30.2. The minimum Gasteiger partial charge on any atom is -0.506 e. The van der Waals surface area contributed by atoms with Gasteiger partial charge in [-0.2, -0.15) is 0 Å². The van der Waals surface area contributed by atoms with Crippen LogP contribution in [0.5, 0.6) is 11.5 Å². The molecule has 2 heterocycles. The summed E-state index contributed by atoms with van der Waals surface area (Å²) < 4.78 is 5.79. The van der Waals surface area contributed by atoms with Gasteiger partial charge >= 0.3 is 5.97 Å². The molecule has 0 saturated carbocycles. The summed E-state index contributed by atoms with van der Waals surface area (Å²) in [6.45, 7) is 8.99. The fourth-order valence-electron chi connectivity index (χ4n) is 5.14. The molecule has 10 nitrogen and oxygen atoms in total. The highest BCUT2D eigenvalue weighted by atomic mass is 16.5. The van der Waals surface area contributed by atoms with Gasteiger partial charge in [-0.3, -0.25) is 0 Å². The van der Waals surface area contributed by atoms with Crippen molar-refractivity contribution in [2.75, 3.05) is 0 Å². The molecule has 0 bridgehead atoms.